The van der Waals surface area contributed by atoms with Gasteiger partial charge in [0.2, 0.25) is 5.76 Å². The predicted octanol–water partition coefficient (Wildman–Crippen LogP) is 3.38. The van der Waals surface area contributed by atoms with Crippen LogP contribution in [-0.4, -0.2) is 36.8 Å². The highest BCUT2D eigenvalue weighted by molar-refractivity contribution is 7.07. The second-order valence-electron chi connectivity index (χ2n) is 8.67. The molecular weight excluding hydrogens is 539 g/mol. The third-order valence-corrected chi connectivity index (χ3v) is 7.07. The summed E-state index contributed by atoms with van der Waals surface area (Å²) in [7, 11) is 1.49. The first kappa shape index (κ1) is 27.0. The number of furan rings is 1. The minimum atomic E-state index is -0.899. The maximum atomic E-state index is 14.3. The lowest BCUT2D eigenvalue weighted by Gasteiger charge is -2.25. The van der Waals surface area contributed by atoms with Gasteiger partial charge in [-0.25, -0.2) is 19.0 Å². The van der Waals surface area contributed by atoms with Gasteiger partial charge in [-0.1, -0.05) is 41.7 Å². The number of hydrogen-bond acceptors (Lipinski definition) is 9. The first-order valence-corrected chi connectivity index (χ1v) is 13.0. The molecule has 9 nitrogen and oxygen atoms in total. The van der Waals surface area contributed by atoms with E-state index in [4.69, 9.17) is 18.6 Å². The van der Waals surface area contributed by atoms with Crippen LogP contribution in [0.25, 0.3) is 6.08 Å². The number of aromatic nitrogens is 1. The predicted molar refractivity (Wildman–Crippen MR) is 143 cm³/mol. The molecule has 1 aliphatic rings. The zero-order chi connectivity index (χ0) is 28.2. The number of ether oxygens (including phenoxy) is 3. The molecule has 2 aromatic heterocycles. The van der Waals surface area contributed by atoms with Gasteiger partial charge >= 0.3 is 11.9 Å². The molecule has 0 radical (unpaired) electrons. The number of halogens is 1. The Morgan fingerprint density at radius 3 is 2.55 bits per heavy atom. The van der Waals surface area contributed by atoms with Crippen LogP contribution in [0.1, 0.15) is 34.6 Å². The molecule has 0 saturated carbocycles. The molecule has 204 valence electrons. The van der Waals surface area contributed by atoms with Crippen LogP contribution in [0.3, 0.4) is 0 Å². The van der Waals surface area contributed by atoms with Crippen molar-refractivity contribution in [3.05, 3.63) is 121 Å². The SMILES string of the molecule is COCCOC(=O)C1=C(C)N=c2s/c(=C\c3ccccc3F)c(=O)n2[C@@H]1c1ccc(OC(=O)c2ccco2)cc1. The van der Waals surface area contributed by atoms with E-state index in [-0.39, 0.29) is 40.4 Å². The largest absolute Gasteiger partial charge is 0.460 e. The van der Waals surface area contributed by atoms with Crippen LogP contribution in [0, 0.1) is 5.82 Å². The normalized spacial score (nSPS) is 15.0. The van der Waals surface area contributed by atoms with Crippen LogP contribution in [-0.2, 0) is 14.3 Å². The number of nitrogens with zero attached hydrogens (tertiary/aromatic N) is 2. The molecule has 0 amide bonds. The van der Waals surface area contributed by atoms with Crippen LogP contribution in [0.4, 0.5) is 4.39 Å². The Bertz CT molecular complexity index is 1770. The topological polar surface area (TPSA) is 109 Å². The number of rotatable bonds is 8. The summed E-state index contributed by atoms with van der Waals surface area (Å²) in [5.41, 5.74) is 0.895. The van der Waals surface area contributed by atoms with Crippen molar-refractivity contribution in [1.29, 1.82) is 0 Å². The molecule has 0 saturated heterocycles. The molecule has 0 N–H and O–H groups in total. The Morgan fingerprint density at radius 1 is 1.07 bits per heavy atom. The van der Waals surface area contributed by atoms with Crippen molar-refractivity contribution < 1.29 is 32.6 Å². The van der Waals surface area contributed by atoms with Crippen molar-refractivity contribution in [2.24, 2.45) is 4.99 Å². The van der Waals surface area contributed by atoms with E-state index < -0.39 is 29.4 Å². The molecule has 0 spiro atoms. The van der Waals surface area contributed by atoms with E-state index in [1.807, 2.05) is 0 Å². The highest BCUT2D eigenvalue weighted by Crippen LogP contribution is 2.31. The summed E-state index contributed by atoms with van der Waals surface area (Å²) in [5.74, 6) is -1.51. The van der Waals surface area contributed by atoms with Gasteiger partial charge in [-0.3, -0.25) is 9.36 Å². The number of carbonyl (C=O) groups excluding carboxylic acids is 2. The molecule has 0 fully saturated rings. The standard InChI is InChI=1S/C29H23FN2O7S/c1-17-24(28(35)38-15-14-36-2)25(18-9-11-20(12-10-18)39-27(34)22-8-5-13-37-22)32-26(33)23(40-29(32)31-17)16-19-6-3-4-7-21(19)30/h3-13,16,25H,14-15H2,1-2H3/b23-16-/t25-/m1/s1. The van der Waals surface area contributed by atoms with Gasteiger partial charge in [0, 0.05) is 12.7 Å². The van der Waals surface area contributed by atoms with E-state index in [1.54, 1.807) is 55.5 Å². The van der Waals surface area contributed by atoms with Crippen molar-refractivity contribution in [3.8, 4) is 5.75 Å². The van der Waals surface area contributed by atoms with Crippen LogP contribution in [0.2, 0.25) is 0 Å². The molecule has 5 rings (SSSR count). The van der Waals surface area contributed by atoms with Gasteiger partial charge in [-0.2, -0.15) is 0 Å². The fraction of sp³-hybridized carbons (Fsp3) is 0.172. The second-order valence-corrected chi connectivity index (χ2v) is 9.68. The van der Waals surface area contributed by atoms with Crippen molar-refractivity contribution in [1.82, 2.24) is 4.57 Å². The Hall–Kier alpha value is -4.61. The molecule has 1 atom stereocenters. The molecule has 3 heterocycles. The van der Waals surface area contributed by atoms with Crippen molar-refractivity contribution in [2.45, 2.75) is 13.0 Å². The highest BCUT2D eigenvalue weighted by Gasteiger charge is 2.33. The lowest BCUT2D eigenvalue weighted by molar-refractivity contribution is -0.140. The number of fused-ring (bicyclic) bond motifs is 1. The number of allylic oxidation sites excluding steroid dienone is 1. The van der Waals surface area contributed by atoms with Crippen molar-refractivity contribution in [3.63, 3.8) is 0 Å². The summed E-state index contributed by atoms with van der Waals surface area (Å²) in [4.78, 5) is 44.0. The smallest absolute Gasteiger partial charge is 0.379 e. The lowest BCUT2D eigenvalue weighted by Crippen LogP contribution is -2.40. The summed E-state index contributed by atoms with van der Waals surface area (Å²) < 4.78 is 36.8. The van der Waals surface area contributed by atoms with Crippen LogP contribution >= 0.6 is 11.3 Å². The van der Waals surface area contributed by atoms with Gasteiger partial charge in [0.25, 0.3) is 5.56 Å². The van der Waals surface area contributed by atoms with Gasteiger partial charge in [0.15, 0.2) is 4.80 Å². The molecule has 4 aromatic rings. The summed E-state index contributed by atoms with van der Waals surface area (Å²) in [6, 6.07) is 14.7. The molecule has 0 unspecified atom stereocenters. The third kappa shape index (κ3) is 5.42. The van der Waals surface area contributed by atoms with E-state index in [9.17, 15) is 18.8 Å². The molecule has 2 aromatic carbocycles. The Balaban J connectivity index is 1.58. The number of methoxy groups -OCH3 is 1. The number of carbonyl (C=O) groups is 2. The average molecular weight is 563 g/mol. The van der Waals surface area contributed by atoms with Crippen LogP contribution in [0.15, 0.2) is 92.4 Å². The van der Waals surface area contributed by atoms with Crippen LogP contribution < -0.4 is 19.6 Å². The summed E-state index contributed by atoms with van der Waals surface area (Å²) >= 11 is 1.09. The van der Waals surface area contributed by atoms with E-state index in [2.05, 4.69) is 4.99 Å². The van der Waals surface area contributed by atoms with Gasteiger partial charge in [0.05, 0.1) is 34.7 Å². The number of hydrogen-bond donors (Lipinski definition) is 0. The molecule has 0 aliphatic carbocycles. The molecule has 11 heteroatoms. The van der Waals surface area contributed by atoms with Gasteiger partial charge in [0.1, 0.15) is 18.2 Å². The molecule has 1 aliphatic heterocycles. The van der Waals surface area contributed by atoms with Crippen LogP contribution in [0.5, 0.6) is 5.75 Å². The average Bonchev–Trinajstić information content (AvgIpc) is 3.59. The van der Waals surface area contributed by atoms with Crippen molar-refractivity contribution in [2.75, 3.05) is 20.3 Å². The lowest BCUT2D eigenvalue weighted by atomic mass is 9.96. The number of esters is 2. The number of thiazole rings is 1. The van der Waals surface area contributed by atoms with E-state index in [1.165, 1.54) is 36.1 Å². The molecular formula is C29H23FN2O7S. The fourth-order valence-electron chi connectivity index (χ4n) is 4.20. The third-order valence-electron chi connectivity index (χ3n) is 6.08. The maximum Gasteiger partial charge on any atom is 0.379 e. The number of benzene rings is 2. The zero-order valence-corrected chi connectivity index (χ0v) is 22.3. The van der Waals surface area contributed by atoms with Gasteiger partial charge < -0.3 is 18.6 Å². The second kappa shape index (κ2) is 11.6. The summed E-state index contributed by atoms with van der Waals surface area (Å²) in [5, 5.41) is 0. The Labute approximate surface area is 231 Å². The van der Waals surface area contributed by atoms with E-state index in [0.717, 1.165) is 11.3 Å². The van der Waals surface area contributed by atoms with Gasteiger partial charge in [-0.15, -0.1) is 0 Å². The first-order valence-electron chi connectivity index (χ1n) is 12.2. The molecule has 0 bridgehead atoms. The van der Waals surface area contributed by atoms with Crippen molar-refractivity contribution >= 4 is 29.4 Å². The monoisotopic (exact) mass is 562 g/mol. The summed E-state index contributed by atoms with van der Waals surface area (Å²) in [6.07, 6.45) is 2.83. The van der Waals surface area contributed by atoms with E-state index in [0.29, 0.717) is 16.1 Å². The fourth-order valence-corrected chi connectivity index (χ4v) is 5.23. The van der Waals surface area contributed by atoms with E-state index >= 15 is 0 Å². The summed E-state index contributed by atoms with van der Waals surface area (Å²) in [6.45, 7) is 1.87. The Kier molecular flexibility index (Phi) is 7.85. The Morgan fingerprint density at radius 2 is 1.85 bits per heavy atom. The maximum absolute atomic E-state index is 14.3. The minimum Gasteiger partial charge on any atom is -0.460 e. The highest BCUT2D eigenvalue weighted by atomic mass is 32.1. The minimum absolute atomic E-state index is 0.0121. The zero-order valence-electron chi connectivity index (χ0n) is 21.5. The quantitative estimate of drug-likeness (QED) is 0.184. The first-order chi connectivity index (χ1) is 19.4. The molecule has 40 heavy (non-hydrogen) atoms. The van der Waals surface area contributed by atoms with Gasteiger partial charge in [-0.05, 0) is 48.9 Å².